The predicted molar refractivity (Wildman–Crippen MR) is 77.7 cm³/mol. The van der Waals surface area contributed by atoms with E-state index < -0.39 is 0 Å². The smallest absolute Gasteiger partial charge is 0.308 e. The number of hydrogen-bond donors (Lipinski definition) is 0. The number of esters is 1. The van der Waals surface area contributed by atoms with Crippen LogP contribution in [0.3, 0.4) is 0 Å². The first-order valence-electron chi connectivity index (χ1n) is 8.22. The van der Waals surface area contributed by atoms with Gasteiger partial charge in [0.25, 0.3) is 0 Å². The second kappa shape index (κ2) is 5.46. The van der Waals surface area contributed by atoms with Gasteiger partial charge in [0.1, 0.15) is 5.60 Å². The Morgan fingerprint density at radius 3 is 1.79 bits per heavy atom. The first-order valence-corrected chi connectivity index (χ1v) is 8.22. The van der Waals surface area contributed by atoms with Gasteiger partial charge in [0.15, 0.2) is 0 Å². The zero-order valence-electron chi connectivity index (χ0n) is 13.2. The van der Waals surface area contributed by atoms with Crippen LogP contribution in [0.1, 0.15) is 66.7 Å². The topological polar surface area (TPSA) is 26.3 Å². The average molecular weight is 266 g/mol. The normalized spacial score (nSPS) is 42.8. The van der Waals surface area contributed by atoms with Gasteiger partial charge in [-0.15, -0.1) is 0 Å². The molecule has 0 radical (unpaired) electrons. The number of ether oxygens (including phenoxy) is 1. The van der Waals surface area contributed by atoms with Crippen LogP contribution in [-0.4, -0.2) is 11.6 Å². The van der Waals surface area contributed by atoms with E-state index in [1.165, 1.54) is 32.1 Å². The van der Waals surface area contributed by atoms with Crippen molar-refractivity contribution < 1.29 is 9.53 Å². The van der Waals surface area contributed by atoms with Gasteiger partial charge in [-0.2, -0.15) is 0 Å². The molecule has 0 aromatic rings. The molecule has 2 heteroatoms. The highest BCUT2D eigenvalue weighted by atomic mass is 16.6. The molecule has 0 aromatic carbocycles. The summed E-state index contributed by atoms with van der Waals surface area (Å²) in [7, 11) is 0. The third-order valence-electron chi connectivity index (χ3n) is 5.55. The van der Waals surface area contributed by atoms with Crippen LogP contribution in [0, 0.1) is 29.6 Å². The molecule has 110 valence electrons. The lowest BCUT2D eigenvalue weighted by molar-refractivity contribution is -0.206. The van der Waals surface area contributed by atoms with Gasteiger partial charge >= 0.3 is 5.97 Å². The molecule has 0 aliphatic heterocycles. The summed E-state index contributed by atoms with van der Waals surface area (Å²) in [5.41, 5.74) is -0.144. The first-order chi connectivity index (χ1) is 8.99. The second-order valence-electron chi connectivity index (χ2n) is 7.06. The molecular weight excluding hydrogens is 236 g/mol. The number of rotatable bonds is 2. The fourth-order valence-corrected chi connectivity index (χ4v) is 4.62. The standard InChI is InChI=1S/C15H24O2.C2H6/c1-9(2)14(16)17-15(3)12-5-10-4-11(7-12)8-13(15)6-10;1-2/h9-13H,4-8H2,1-3H3;1-2H3. The Kier molecular flexibility index (Phi) is 4.27. The maximum absolute atomic E-state index is 11.9. The number of hydrogen-bond acceptors (Lipinski definition) is 2. The zero-order valence-corrected chi connectivity index (χ0v) is 13.2. The molecule has 0 heterocycles. The van der Waals surface area contributed by atoms with Crippen LogP contribution in [-0.2, 0) is 9.53 Å². The van der Waals surface area contributed by atoms with E-state index in [1.807, 2.05) is 27.7 Å². The van der Waals surface area contributed by atoms with Gasteiger partial charge in [0, 0.05) is 0 Å². The molecular formula is C17H30O2. The number of carbonyl (C=O) groups excluding carboxylic acids is 1. The van der Waals surface area contributed by atoms with Gasteiger partial charge in [-0.25, -0.2) is 0 Å². The van der Waals surface area contributed by atoms with E-state index >= 15 is 0 Å². The molecule has 4 rings (SSSR count). The van der Waals surface area contributed by atoms with E-state index in [1.54, 1.807) is 0 Å². The Bertz CT molecular complexity index is 304. The molecule has 0 atom stereocenters. The molecule has 0 unspecified atom stereocenters. The van der Waals surface area contributed by atoms with Gasteiger partial charge in [-0.3, -0.25) is 4.79 Å². The van der Waals surface area contributed by atoms with Crippen molar-refractivity contribution in [2.24, 2.45) is 29.6 Å². The summed E-state index contributed by atoms with van der Waals surface area (Å²) in [6.07, 6.45) is 6.65. The minimum absolute atomic E-state index is 0.0000246. The highest BCUT2D eigenvalue weighted by Gasteiger charge is 2.57. The Morgan fingerprint density at radius 2 is 1.42 bits per heavy atom. The maximum atomic E-state index is 11.9. The number of carbonyl (C=O) groups is 1. The summed E-state index contributed by atoms with van der Waals surface area (Å²) in [5.74, 6) is 3.15. The van der Waals surface area contributed by atoms with Crippen LogP contribution in [0.25, 0.3) is 0 Å². The third-order valence-corrected chi connectivity index (χ3v) is 5.55. The quantitative estimate of drug-likeness (QED) is 0.691. The Labute approximate surface area is 118 Å². The van der Waals surface area contributed by atoms with Gasteiger partial charge in [0.2, 0.25) is 0 Å². The fourth-order valence-electron chi connectivity index (χ4n) is 4.62. The van der Waals surface area contributed by atoms with Gasteiger partial charge < -0.3 is 4.74 Å². The molecule has 4 saturated carbocycles. The minimum atomic E-state index is -0.144. The van der Waals surface area contributed by atoms with Crippen molar-refractivity contribution in [3.8, 4) is 0 Å². The Hall–Kier alpha value is -0.530. The first kappa shape index (κ1) is 14.9. The van der Waals surface area contributed by atoms with E-state index in [4.69, 9.17) is 4.74 Å². The molecule has 4 bridgehead atoms. The lowest BCUT2D eigenvalue weighted by Gasteiger charge is -2.59. The third kappa shape index (κ3) is 2.55. The lowest BCUT2D eigenvalue weighted by Crippen LogP contribution is -2.58. The molecule has 4 fully saturated rings. The summed E-state index contributed by atoms with van der Waals surface area (Å²) in [6, 6.07) is 0. The van der Waals surface area contributed by atoms with Gasteiger partial charge in [-0.1, -0.05) is 27.7 Å². The van der Waals surface area contributed by atoms with Crippen molar-refractivity contribution in [1.29, 1.82) is 0 Å². The lowest BCUT2D eigenvalue weighted by atomic mass is 9.50. The second-order valence-corrected chi connectivity index (χ2v) is 7.06. The predicted octanol–water partition coefficient (Wildman–Crippen LogP) is 4.43. The maximum Gasteiger partial charge on any atom is 0.308 e. The van der Waals surface area contributed by atoms with Crippen LogP contribution in [0.5, 0.6) is 0 Å². The monoisotopic (exact) mass is 266 g/mol. The summed E-state index contributed by atoms with van der Waals surface area (Å²) in [4.78, 5) is 11.9. The van der Waals surface area contributed by atoms with Crippen LogP contribution >= 0.6 is 0 Å². The van der Waals surface area contributed by atoms with E-state index in [0.717, 1.165) is 11.8 Å². The van der Waals surface area contributed by atoms with Crippen molar-refractivity contribution in [2.75, 3.05) is 0 Å². The summed E-state index contributed by atoms with van der Waals surface area (Å²) in [5, 5.41) is 0. The Morgan fingerprint density at radius 1 is 1.00 bits per heavy atom. The van der Waals surface area contributed by atoms with Crippen LogP contribution < -0.4 is 0 Å². The SMILES string of the molecule is CC.CC(C)C(=O)OC1(C)C2CC3CC(C2)CC1C3. The average Bonchev–Trinajstić information content (AvgIpc) is 2.37. The molecule has 2 nitrogen and oxygen atoms in total. The van der Waals surface area contributed by atoms with Crippen molar-refractivity contribution in [2.45, 2.75) is 72.3 Å². The minimum Gasteiger partial charge on any atom is -0.459 e. The molecule has 19 heavy (non-hydrogen) atoms. The molecule has 0 aromatic heterocycles. The largest absolute Gasteiger partial charge is 0.459 e. The van der Waals surface area contributed by atoms with E-state index in [2.05, 4.69) is 6.92 Å². The molecule has 0 spiro atoms. The molecule has 0 saturated heterocycles. The van der Waals surface area contributed by atoms with Crippen molar-refractivity contribution in [3.05, 3.63) is 0 Å². The summed E-state index contributed by atoms with van der Waals surface area (Å²) >= 11 is 0. The van der Waals surface area contributed by atoms with Crippen LogP contribution in [0.2, 0.25) is 0 Å². The zero-order chi connectivity index (χ0) is 14.2. The van der Waals surface area contributed by atoms with Crippen molar-refractivity contribution in [3.63, 3.8) is 0 Å². The Balaban J connectivity index is 0.000000637. The molecule has 0 N–H and O–H groups in total. The fraction of sp³-hybridized carbons (Fsp3) is 0.941. The van der Waals surface area contributed by atoms with Crippen LogP contribution in [0.4, 0.5) is 0 Å². The molecule has 4 aliphatic carbocycles. The highest BCUT2D eigenvalue weighted by Crippen LogP contribution is 2.59. The summed E-state index contributed by atoms with van der Waals surface area (Å²) in [6.45, 7) is 10.1. The van der Waals surface area contributed by atoms with Gasteiger partial charge in [0.05, 0.1) is 5.92 Å². The van der Waals surface area contributed by atoms with Crippen molar-refractivity contribution in [1.82, 2.24) is 0 Å². The van der Waals surface area contributed by atoms with E-state index in [0.29, 0.717) is 11.8 Å². The van der Waals surface area contributed by atoms with Crippen molar-refractivity contribution >= 4 is 5.97 Å². The highest BCUT2D eigenvalue weighted by molar-refractivity contribution is 5.72. The van der Waals surface area contributed by atoms with E-state index in [-0.39, 0.29) is 17.5 Å². The molecule has 0 amide bonds. The summed E-state index contributed by atoms with van der Waals surface area (Å²) < 4.78 is 5.94. The molecule has 4 aliphatic rings. The van der Waals surface area contributed by atoms with E-state index in [9.17, 15) is 4.79 Å². The van der Waals surface area contributed by atoms with Crippen LogP contribution in [0.15, 0.2) is 0 Å². The van der Waals surface area contributed by atoms with Gasteiger partial charge in [-0.05, 0) is 62.7 Å².